The van der Waals surface area contributed by atoms with Crippen LogP contribution in [0.25, 0.3) is 0 Å². The molecule has 0 bridgehead atoms. The second-order valence-corrected chi connectivity index (χ2v) is 5.74. The van der Waals surface area contributed by atoms with Crippen molar-refractivity contribution in [3.63, 3.8) is 0 Å². The largest absolute Gasteiger partial charge is 0.497 e. The van der Waals surface area contributed by atoms with Crippen molar-refractivity contribution in [3.8, 4) is 5.75 Å². The summed E-state index contributed by atoms with van der Waals surface area (Å²) in [4.78, 5) is 20.5. The van der Waals surface area contributed by atoms with E-state index in [0.29, 0.717) is 23.0 Å². The van der Waals surface area contributed by atoms with E-state index < -0.39 is 0 Å². The summed E-state index contributed by atoms with van der Waals surface area (Å²) >= 11 is 0. The molecule has 1 heterocycles. The normalized spacial score (nSPS) is 10.2. The Kier molecular flexibility index (Phi) is 5.51. The fourth-order valence-electron chi connectivity index (χ4n) is 2.51. The van der Waals surface area contributed by atoms with Gasteiger partial charge in [-0.15, -0.1) is 0 Å². The van der Waals surface area contributed by atoms with Crippen LogP contribution in [-0.4, -0.2) is 30.2 Å². The van der Waals surface area contributed by atoms with Crippen molar-refractivity contribution >= 4 is 29.0 Å². The number of rotatable bonds is 6. The van der Waals surface area contributed by atoms with Crippen molar-refractivity contribution < 1.29 is 14.3 Å². The zero-order chi connectivity index (χ0) is 19.2. The molecular formula is C20H20N4O3. The van der Waals surface area contributed by atoms with Gasteiger partial charge in [-0.25, -0.2) is 14.8 Å². The van der Waals surface area contributed by atoms with E-state index in [1.54, 1.807) is 31.4 Å². The van der Waals surface area contributed by atoms with Gasteiger partial charge in [0.05, 0.1) is 19.8 Å². The van der Waals surface area contributed by atoms with Gasteiger partial charge in [0, 0.05) is 17.4 Å². The smallest absolute Gasteiger partial charge is 0.337 e. The van der Waals surface area contributed by atoms with Gasteiger partial charge in [0.1, 0.15) is 23.2 Å². The highest BCUT2D eigenvalue weighted by atomic mass is 16.5. The molecule has 0 fully saturated rings. The van der Waals surface area contributed by atoms with E-state index >= 15 is 0 Å². The van der Waals surface area contributed by atoms with Crippen molar-refractivity contribution in [3.05, 3.63) is 66.0 Å². The summed E-state index contributed by atoms with van der Waals surface area (Å²) in [6.45, 7) is 1.81. The minimum absolute atomic E-state index is 0.389. The molecule has 2 N–H and O–H groups in total. The number of aromatic nitrogens is 2. The third kappa shape index (κ3) is 4.72. The van der Waals surface area contributed by atoms with Gasteiger partial charge in [0.2, 0.25) is 0 Å². The molecular weight excluding hydrogens is 344 g/mol. The van der Waals surface area contributed by atoms with Crippen molar-refractivity contribution in [2.45, 2.75) is 6.92 Å². The first-order chi connectivity index (χ1) is 13.1. The Morgan fingerprint density at radius 3 is 2.19 bits per heavy atom. The number of ether oxygens (including phenoxy) is 2. The average Bonchev–Trinajstić information content (AvgIpc) is 2.67. The summed E-state index contributed by atoms with van der Waals surface area (Å²) in [7, 11) is 2.98. The van der Waals surface area contributed by atoms with Crippen LogP contribution in [-0.2, 0) is 4.74 Å². The van der Waals surface area contributed by atoms with Crippen LogP contribution in [0, 0.1) is 6.92 Å². The second-order valence-electron chi connectivity index (χ2n) is 5.74. The van der Waals surface area contributed by atoms with E-state index in [4.69, 9.17) is 9.47 Å². The van der Waals surface area contributed by atoms with Gasteiger partial charge in [-0.2, -0.15) is 0 Å². The van der Waals surface area contributed by atoms with Crippen molar-refractivity contribution in [2.24, 2.45) is 0 Å². The predicted molar refractivity (Wildman–Crippen MR) is 104 cm³/mol. The van der Waals surface area contributed by atoms with E-state index in [-0.39, 0.29) is 5.97 Å². The summed E-state index contributed by atoms with van der Waals surface area (Å²) in [6, 6.07) is 16.4. The Morgan fingerprint density at radius 2 is 1.56 bits per heavy atom. The molecule has 138 valence electrons. The highest BCUT2D eigenvalue weighted by molar-refractivity contribution is 5.90. The van der Waals surface area contributed by atoms with Crippen LogP contribution in [0.3, 0.4) is 0 Å². The second kappa shape index (κ2) is 8.18. The van der Waals surface area contributed by atoms with Crippen LogP contribution in [0.15, 0.2) is 54.6 Å². The van der Waals surface area contributed by atoms with Crippen LogP contribution in [0.4, 0.5) is 23.0 Å². The first-order valence-electron chi connectivity index (χ1n) is 8.29. The standard InChI is InChI=1S/C20H20N4O3/c1-13-21-18(23-15-7-9-17(26-2)10-8-15)12-19(22-13)24-16-6-4-5-14(11-16)20(25)27-3/h4-12H,1-3H3,(H2,21,22,23,24). The van der Waals surface area contributed by atoms with Crippen molar-refractivity contribution in [1.82, 2.24) is 9.97 Å². The van der Waals surface area contributed by atoms with Crippen molar-refractivity contribution in [2.75, 3.05) is 24.9 Å². The minimum atomic E-state index is -0.389. The minimum Gasteiger partial charge on any atom is -0.497 e. The number of anilines is 4. The topological polar surface area (TPSA) is 85.4 Å². The number of esters is 1. The summed E-state index contributed by atoms with van der Waals surface area (Å²) in [5.74, 6) is 2.27. The molecule has 27 heavy (non-hydrogen) atoms. The molecule has 3 aromatic rings. The number of nitrogens with one attached hydrogen (secondary N) is 2. The van der Waals surface area contributed by atoms with Crippen LogP contribution in [0.5, 0.6) is 5.75 Å². The number of hydrogen-bond donors (Lipinski definition) is 2. The molecule has 0 atom stereocenters. The highest BCUT2D eigenvalue weighted by Gasteiger charge is 2.07. The molecule has 0 amide bonds. The van der Waals surface area contributed by atoms with Gasteiger partial charge in [-0.1, -0.05) is 6.07 Å². The monoisotopic (exact) mass is 364 g/mol. The number of aryl methyl sites for hydroxylation is 1. The molecule has 0 aliphatic heterocycles. The lowest BCUT2D eigenvalue weighted by Gasteiger charge is -2.11. The van der Waals surface area contributed by atoms with E-state index in [2.05, 4.69) is 20.6 Å². The fraction of sp³-hybridized carbons (Fsp3) is 0.150. The van der Waals surface area contributed by atoms with Crippen LogP contribution in [0.1, 0.15) is 16.2 Å². The van der Waals surface area contributed by atoms with Gasteiger partial charge < -0.3 is 20.1 Å². The summed E-state index contributed by atoms with van der Waals surface area (Å²) < 4.78 is 9.91. The Hall–Kier alpha value is -3.61. The number of benzene rings is 2. The molecule has 0 aliphatic carbocycles. The number of methoxy groups -OCH3 is 2. The van der Waals surface area contributed by atoms with E-state index in [9.17, 15) is 4.79 Å². The van der Waals surface area contributed by atoms with E-state index in [1.807, 2.05) is 37.3 Å². The van der Waals surface area contributed by atoms with E-state index in [0.717, 1.165) is 17.1 Å². The first-order valence-corrected chi connectivity index (χ1v) is 8.29. The molecule has 7 heteroatoms. The van der Waals surface area contributed by atoms with Gasteiger partial charge in [-0.05, 0) is 49.4 Å². The molecule has 0 unspecified atom stereocenters. The molecule has 0 spiro atoms. The third-order valence-electron chi connectivity index (χ3n) is 3.76. The van der Waals surface area contributed by atoms with E-state index in [1.165, 1.54) is 7.11 Å². The molecule has 0 saturated heterocycles. The molecule has 7 nitrogen and oxygen atoms in total. The Labute approximate surface area is 157 Å². The maximum absolute atomic E-state index is 11.7. The third-order valence-corrected chi connectivity index (χ3v) is 3.76. The van der Waals surface area contributed by atoms with Gasteiger partial charge in [0.25, 0.3) is 0 Å². The summed E-state index contributed by atoms with van der Waals surface area (Å²) in [6.07, 6.45) is 0. The van der Waals surface area contributed by atoms with Gasteiger partial charge in [-0.3, -0.25) is 0 Å². The predicted octanol–water partition coefficient (Wildman–Crippen LogP) is 4.07. The average molecular weight is 364 g/mol. The van der Waals surface area contributed by atoms with Gasteiger partial charge in [0.15, 0.2) is 0 Å². The Morgan fingerprint density at radius 1 is 0.889 bits per heavy atom. The van der Waals surface area contributed by atoms with Gasteiger partial charge >= 0.3 is 5.97 Å². The van der Waals surface area contributed by atoms with Crippen molar-refractivity contribution in [1.29, 1.82) is 0 Å². The van der Waals surface area contributed by atoms with Crippen LogP contribution in [0.2, 0.25) is 0 Å². The molecule has 3 rings (SSSR count). The lowest BCUT2D eigenvalue weighted by atomic mass is 10.2. The SMILES string of the molecule is COC(=O)c1cccc(Nc2cc(Nc3ccc(OC)cc3)nc(C)n2)c1. The number of carbonyl (C=O) groups is 1. The lowest BCUT2D eigenvalue weighted by Crippen LogP contribution is -2.04. The van der Waals surface area contributed by atoms with Crippen LogP contribution >= 0.6 is 0 Å². The fourth-order valence-corrected chi connectivity index (χ4v) is 2.51. The molecule has 2 aromatic carbocycles. The Bertz CT molecular complexity index is 942. The molecule has 0 radical (unpaired) electrons. The zero-order valence-electron chi connectivity index (χ0n) is 15.3. The highest BCUT2D eigenvalue weighted by Crippen LogP contribution is 2.22. The molecule has 0 saturated carbocycles. The maximum atomic E-state index is 11.7. The number of hydrogen-bond acceptors (Lipinski definition) is 7. The quantitative estimate of drug-likeness (QED) is 0.638. The summed E-state index contributed by atoms with van der Waals surface area (Å²) in [5.41, 5.74) is 2.07. The Balaban J connectivity index is 1.79. The zero-order valence-corrected chi connectivity index (χ0v) is 15.3. The number of nitrogens with zero attached hydrogens (tertiary/aromatic N) is 2. The molecule has 0 aliphatic rings. The first kappa shape index (κ1) is 18.2. The maximum Gasteiger partial charge on any atom is 0.337 e. The lowest BCUT2D eigenvalue weighted by molar-refractivity contribution is 0.0601. The number of carbonyl (C=O) groups excluding carboxylic acids is 1. The molecule has 1 aromatic heterocycles. The van der Waals surface area contributed by atoms with Crippen LogP contribution < -0.4 is 15.4 Å². The summed E-state index contributed by atoms with van der Waals surface area (Å²) in [5, 5.41) is 6.43.